The molecular formula is C20H34BrN5. The maximum Gasteiger partial charge on any atom is 0.193 e. The molecule has 5 nitrogen and oxygen atoms in total. The zero-order valence-electron chi connectivity index (χ0n) is 16.5. The molecule has 1 aromatic rings. The van der Waals surface area contributed by atoms with E-state index in [1.54, 1.807) is 0 Å². The summed E-state index contributed by atoms with van der Waals surface area (Å²) in [4.78, 5) is 11.7. The topological polar surface area (TPSA) is 34.1 Å². The molecule has 1 aliphatic rings. The van der Waals surface area contributed by atoms with E-state index in [9.17, 15) is 0 Å². The first-order chi connectivity index (χ1) is 12.6. The second-order valence-electron chi connectivity index (χ2n) is 6.90. The fourth-order valence-corrected chi connectivity index (χ4v) is 3.74. The van der Waals surface area contributed by atoms with Gasteiger partial charge < -0.3 is 20.0 Å². The van der Waals surface area contributed by atoms with Crippen LogP contribution in [0.25, 0.3) is 0 Å². The summed E-state index contributed by atoms with van der Waals surface area (Å²) < 4.78 is 1.14. The van der Waals surface area contributed by atoms with Crippen molar-refractivity contribution < 1.29 is 0 Å². The molecule has 0 bridgehead atoms. The van der Waals surface area contributed by atoms with Crippen LogP contribution in [0.15, 0.2) is 33.7 Å². The number of rotatable bonds is 8. The van der Waals surface area contributed by atoms with E-state index >= 15 is 0 Å². The van der Waals surface area contributed by atoms with E-state index in [0.717, 1.165) is 23.5 Å². The second-order valence-corrected chi connectivity index (χ2v) is 7.76. The highest BCUT2D eigenvalue weighted by molar-refractivity contribution is 9.10. The van der Waals surface area contributed by atoms with Crippen LogP contribution < -0.4 is 5.32 Å². The molecule has 1 heterocycles. The molecule has 0 spiro atoms. The van der Waals surface area contributed by atoms with E-state index in [-0.39, 0.29) is 0 Å². The number of nitrogens with one attached hydrogen (secondary N) is 1. The van der Waals surface area contributed by atoms with Crippen LogP contribution in [0.2, 0.25) is 0 Å². The summed E-state index contributed by atoms with van der Waals surface area (Å²) in [7, 11) is 3.94. The Kier molecular flexibility index (Phi) is 9.43. The lowest BCUT2D eigenvalue weighted by molar-refractivity contribution is 0.136. The fourth-order valence-electron chi connectivity index (χ4n) is 3.33. The van der Waals surface area contributed by atoms with E-state index in [1.807, 2.05) is 13.1 Å². The summed E-state index contributed by atoms with van der Waals surface area (Å²) in [5.74, 6) is 0.956. The Morgan fingerprint density at radius 3 is 2.50 bits per heavy atom. The summed E-state index contributed by atoms with van der Waals surface area (Å²) in [5.41, 5.74) is 1.27. The number of benzene rings is 1. The highest BCUT2D eigenvalue weighted by atomic mass is 79.9. The van der Waals surface area contributed by atoms with Crippen LogP contribution >= 0.6 is 15.9 Å². The largest absolute Gasteiger partial charge is 0.356 e. The molecule has 1 aliphatic heterocycles. The van der Waals surface area contributed by atoms with Crippen LogP contribution in [-0.2, 0) is 6.54 Å². The maximum absolute atomic E-state index is 4.42. The van der Waals surface area contributed by atoms with Gasteiger partial charge in [0.1, 0.15) is 0 Å². The molecule has 6 heteroatoms. The molecule has 0 aromatic heterocycles. The van der Waals surface area contributed by atoms with Gasteiger partial charge in [-0.15, -0.1) is 0 Å². The average molecular weight is 424 g/mol. The molecule has 1 saturated heterocycles. The number of piperazine rings is 1. The van der Waals surface area contributed by atoms with E-state index in [0.29, 0.717) is 0 Å². The van der Waals surface area contributed by atoms with Crippen molar-refractivity contribution in [3.05, 3.63) is 34.3 Å². The molecule has 0 aliphatic carbocycles. The third-order valence-corrected chi connectivity index (χ3v) is 5.81. The third-order valence-electron chi connectivity index (χ3n) is 5.04. The molecular weight excluding hydrogens is 390 g/mol. The van der Waals surface area contributed by atoms with Gasteiger partial charge >= 0.3 is 0 Å². The predicted molar refractivity (Wildman–Crippen MR) is 115 cm³/mol. The Morgan fingerprint density at radius 1 is 1.15 bits per heavy atom. The molecule has 0 unspecified atom stereocenters. The minimum Gasteiger partial charge on any atom is -0.356 e. The van der Waals surface area contributed by atoms with Gasteiger partial charge in [0, 0.05) is 57.8 Å². The minimum absolute atomic E-state index is 0.836. The van der Waals surface area contributed by atoms with Crippen molar-refractivity contribution in [2.75, 3.05) is 59.9 Å². The predicted octanol–water partition coefficient (Wildman–Crippen LogP) is 2.87. The highest BCUT2D eigenvalue weighted by Crippen LogP contribution is 2.17. The Labute approximate surface area is 167 Å². The molecule has 26 heavy (non-hydrogen) atoms. The Hall–Kier alpha value is -1.11. The number of likely N-dealkylation sites (N-methyl/N-ethyl adjacent to an activating group) is 1. The summed E-state index contributed by atoms with van der Waals surface area (Å²) in [6, 6.07) is 8.35. The number of hydrogen-bond acceptors (Lipinski definition) is 3. The first-order valence-electron chi connectivity index (χ1n) is 9.74. The molecule has 1 aromatic carbocycles. The molecule has 0 atom stereocenters. The van der Waals surface area contributed by atoms with Gasteiger partial charge in [0.2, 0.25) is 0 Å². The molecule has 1 fully saturated rings. The van der Waals surface area contributed by atoms with E-state index in [1.165, 1.54) is 57.7 Å². The molecule has 0 amide bonds. The third kappa shape index (κ3) is 6.89. The molecule has 0 saturated carbocycles. The summed E-state index contributed by atoms with van der Waals surface area (Å²) in [6.45, 7) is 11.3. The quantitative estimate of drug-likeness (QED) is 0.395. The van der Waals surface area contributed by atoms with Crippen molar-refractivity contribution in [2.45, 2.75) is 26.3 Å². The van der Waals surface area contributed by atoms with E-state index in [4.69, 9.17) is 0 Å². The Morgan fingerprint density at radius 2 is 1.85 bits per heavy atom. The molecule has 1 N–H and O–H groups in total. The number of guanidine groups is 1. The molecule has 2 rings (SSSR count). The van der Waals surface area contributed by atoms with Gasteiger partial charge in [0.05, 0.1) is 0 Å². The van der Waals surface area contributed by atoms with Gasteiger partial charge in [-0.1, -0.05) is 41.1 Å². The van der Waals surface area contributed by atoms with Crippen LogP contribution in [0.3, 0.4) is 0 Å². The van der Waals surface area contributed by atoms with Crippen LogP contribution in [0, 0.1) is 0 Å². The molecule has 146 valence electrons. The lowest BCUT2D eigenvalue weighted by Crippen LogP contribution is -2.46. The van der Waals surface area contributed by atoms with Gasteiger partial charge in [-0.2, -0.15) is 0 Å². The second kappa shape index (κ2) is 11.6. The van der Waals surface area contributed by atoms with E-state index < -0.39 is 0 Å². The number of halogens is 1. The van der Waals surface area contributed by atoms with Crippen LogP contribution in [0.4, 0.5) is 0 Å². The van der Waals surface area contributed by atoms with Crippen molar-refractivity contribution in [1.82, 2.24) is 20.0 Å². The Balaban J connectivity index is 1.63. The first-order valence-corrected chi connectivity index (χ1v) is 10.5. The number of nitrogens with zero attached hydrogens (tertiary/aromatic N) is 4. The first kappa shape index (κ1) is 21.2. The van der Waals surface area contributed by atoms with Crippen LogP contribution in [-0.4, -0.2) is 80.6 Å². The normalized spacial score (nSPS) is 16.7. The van der Waals surface area contributed by atoms with Crippen molar-refractivity contribution in [3.63, 3.8) is 0 Å². The maximum atomic E-state index is 4.42. The number of unbranched alkanes of at least 4 members (excludes halogenated alkanes) is 1. The summed E-state index contributed by atoms with van der Waals surface area (Å²) in [5, 5.41) is 3.50. The summed E-state index contributed by atoms with van der Waals surface area (Å²) >= 11 is 3.62. The highest BCUT2D eigenvalue weighted by Gasteiger charge is 2.14. The van der Waals surface area contributed by atoms with Crippen molar-refractivity contribution in [2.24, 2.45) is 4.99 Å². The number of aliphatic imine (C=N–C) groups is 1. The standard InChI is InChI=1S/C20H34BrN5/c1-4-25-13-15-26(16-14-25)12-8-7-11-23-20(22-2)24(3)17-18-9-5-6-10-19(18)21/h5-6,9-10H,4,7-8,11-17H2,1-3H3,(H,22,23). The SMILES string of the molecule is CCN1CCN(CCCCNC(=NC)N(C)Cc2ccccc2Br)CC1. The summed E-state index contributed by atoms with van der Waals surface area (Å²) in [6.07, 6.45) is 2.42. The number of hydrogen-bond donors (Lipinski definition) is 1. The van der Waals surface area contributed by atoms with Crippen molar-refractivity contribution >= 4 is 21.9 Å². The Bertz CT molecular complexity index is 555. The average Bonchev–Trinajstić information content (AvgIpc) is 2.67. The molecule has 0 radical (unpaired) electrons. The van der Waals surface area contributed by atoms with Crippen LogP contribution in [0.1, 0.15) is 25.3 Å². The van der Waals surface area contributed by atoms with Gasteiger partial charge in [-0.25, -0.2) is 0 Å². The monoisotopic (exact) mass is 423 g/mol. The lowest BCUT2D eigenvalue weighted by atomic mass is 10.2. The fraction of sp³-hybridized carbons (Fsp3) is 0.650. The zero-order valence-corrected chi connectivity index (χ0v) is 18.1. The van der Waals surface area contributed by atoms with E-state index in [2.05, 4.69) is 73.1 Å². The van der Waals surface area contributed by atoms with Crippen LogP contribution in [0.5, 0.6) is 0 Å². The van der Waals surface area contributed by atoms with Gasteiger partial charge in [-0.3, -0.25) is 4.99 Å². The van der Waals surface area contributed by atoms with Crippen molar-refractivity contribution in [3.8, 4) is 0 Å². The smallest absolute Gasteiger partial charge is 0.193 e. The minimum atomic E-state index is 0.836. The lowest BCUT2D eigenvalue weighted by Gasteiger charge is -2.34. The zero-order chi connectivity index (χ0) is 18.8. The van der Waals surface area contributed by atoms with Gasteiger partial charge in [-0.05, 0) is 37.6 Å². The van der Waals surface area contributed by atoms with Crippen molar-refractivity contribution in [1.29, 1.82) is 0 Å². The van der Waals surface area contributed by atoms with Gasteiger partial charge in [0.15, 0.2) is 5.96 Å². The van der Waals surface area contributed by atoms with Gasteiger partial charge in [0.25, 0.3) is 0 Å².